The van der Waals surface area contributed by atoms with Crippen LogP contribution >= 0.6 is 0 Å². The molecule has 2 unspecified atom stereocenters. The highest BCUT2D eigenvalue weighted by molar-refractivity contribution is 5.75. The van der Waals surface area contributed by atoms with Crippen LogP contribution in [-0.4, -0.2) is 77.1 Å². The topological polar surface area (TPSA) is 64.1 Å². The summed E-state index contributed by atoms with van der Waals surface area (Å²) in [4.78, 5) is 28.9. The Balaban J connectivity index is 1.51. The van der Waals surface area contributed by atoms with E-state index in [-0.39, 0.29) is 12.6 Å². The van der Waals surface area contributed by atoms with Crippen LogP contribution < -0.4 is 0 Å². The number of likely N-dealkylation sites (tertiary alicyclic amines) is 1. The molecule has 2 saturated heterocycles. The summed E-state index contributed by atoms with van der Waals surface area (Å²) in [6, 6.07) is 0.636. The number of carboxylic acids is 1. The Morgan fingerprint density at radius 2 is 1.84 bits per heavy atom. The van der Waals surface area contributed by atoms with E-state index in [1.807, 2.05) is 14.7 Å². The van der Waals surface area contributed by atoms with Crippen molar-refractivity contribution in [1.82, 2.24) is 14.7 Å². The summed E-state index contributed by atoms with van der Waals surface area (Å²) in [7, 11) is 0. The minimum absolute atomic E-state index is 0.0798. The van der Waals surface area contributed by atoms with Crippen molar-refractivity contribution in [2.45, 2.75) is 25.3 Å². The molecular weight excluding hydrogens is 246 g/mol. The molecule has 6 heteroatoms. The summed E-state index contributed by atoms with van der Waals surface area (Å²) < 4.78 is 0. The number of fused-ring (bicyclic) bond motifs is 2. The molecule has 2 amide bonds. The van der Waals surface area contributed by atoms with Crippen LogP contribution in [0.2, 0.25) is 0 Å². The lowest BCUT2D eigenvalue weighted by molar-refractivity contribution is -0.138. The molecule has 1 saturated carbocycles. The number of piperazine rings is 1. The Bertz CT molecular complexity index is 379. The van der Waals surface area contributed by atoms with Gasteiger partial charge in [0.2, 0.25) is 0 Å². The number of carbonyl (C=O) groups is 2. The van der Waals surface area contributed by atoms with Crippen molar-refractivity contribution in [3.63, 3.8) is 0 Å². The average molecular weight is 267 g/mol. The zero-order chi connectivity index (χ0) is 13.4. The molecule has 0 aromatic carbocycles. The molecule has 1 aliphatic carbocycles. The largest absolute Gasteiger partial charge is 0.480 e. The molecule has 3 aliphatic rings. The fourth-order valence-corrected chi connectivity index (χ4v) is 3.63. The number of carbonyl (C=O) groups excluding carboxylic acids is 1. The first-order chi connectivity index (χ1) is 9.13. The number of rotatable bonds is 2. The maximum absolute atomic E-state index is 12.4. The first-order valence-electron chi connectivity index (χ1n) is 7.13. The highest BCUT2D eigenvalue weighted by Gasteiger charge is 2.41. The molecule has 2 bridgehead atoms. The van der Waals surface area contributed by atoms with Crippen molar-refractivity contribution >= 4 is 12.0 Å². The van der Waals surface area contributed by atoms with E-state index < -0.39 is 5.97 Å². The number of hydrogen-bond donors (Lipinski definition) is 1. The number of nitrogens with zero attached hydrogens (tertiary/aromatic N) is 3. The normalized spacial score (nSPS) is 30.9. The number of aliphatic carboxylic acids is 1. The third-order valence-electron chi connectivity index (χ3n) is 4.66. The van der Waals surface area contributed by atoms with Gasteiger partial charge in [-0.15, -0.1) is 0 Å². The van der Waals surface area contributed by atoms with Crippen LogP contribution in [0.5, 0.6) is 0 Å². The Labute approximate surface area is 112 Å². The lowest BCUT2D eigenvalue weighted by Gasteiger charge is -2.38. The highest BCUT2D eigenvalue weighted by atomic mass is 16.4. The highest BCUT2D eigenvalue weighted by Crippen LogP contribution is 2.37. The summed E-state index contributed by atoms with van der Waals surface area (Å²) in [5, 5.41) is 8.75. The van der Waals surface area contributed by atoms with Crippen LogP contribution in [-0.2, 0) is 4.79 Å². The molecule has 3 fully saturated rings. The molecule has 19 heavy (non-hydrogen) atoms. The van der Waals surface area contributed by atoms with Gasteiger partial charge in [0.15, 0.2) is 0 Å². The fraction of sp³-hybridized carbons (Fsp3) is 0.846. The zero-order valence-electron chi connectivity index (χ0n) is 11.1. The van der Waals surface area contributed by atoms with Gasteiger partial charge in [-0.3, -0.25) is 9.69 Å². The predicted molar refractivity (Wildman–Crippen MR) is 68.9 cm³/mol. The lowest BCUT2D eigenvalue weighted by Crippen LogP contribution is -2.54. The quantitative estimate of drug-likeness (QED) is 0.781. The van der Waals surface area contributed by atoms with Gasteiger partial charge in [-0.05, 0) is 25.2 Å². The Hall–Kier alpha value is -1.30. The molecule has 0 aromatic rings. The van der Waals surface area contributed by atoms with E-state index in [1.54, 1.807) is 0 Å². The number of urea groups is 1. The predicted octanol–water partition coefficient (Wildman–Crippen LogP) is 0.293. The molecule has 0 spiro atoms. The van der Waals surface area contributed by atoms with E-state index in [1.165, 1.54) is 12.8 Å². The Morgan fingerprint density at radius 3 is 2.37 bits per heavy atom. The number of piperidine rings is 1. The van der Waals surface area contributed by atoms with E-state index in [9.17, 15) is 9.59 Å². The van der Waals surface area contributed by atoms with Gasteiger partial charge < -0.3 is 14.9 Å². The zero-order valence-corrected chi connectivity index (χ0v) is 11.1. The van der Waals surface area contributed by atoms with E-state index in [4.69, 9.17) is 5.11 Å². The molecule has 1 N–H and O–H groups in total. The van der Waals surface area contributed by atoms with Crippen LogP contribution in [0, 0.1) is 5.92 Å². The summed E-state index contributed by atoms with van der Waals surface area (Å²) in [6.07, 6.45) is 3.63. The average Bonchev–Trinajstić information content (AvgIpc) is 3.00. The van der Waals surface area contributed by atoms with Crippen molar-refractivity contribution in [3.05, 3.63) is 0 Å². The van der Waals surface area contributed by atoms with Gasteiger partial charge >= 0.3 is 12.0 Å². The van der Waals surface area contributed by atoms with Crippen LogP contribution in [0.1, 0.15) is 19.3 Å². The number of amides is 2. The molecule has 106 valence electrons. The van der Waals surface area contributed by atoms with E-state index >= 15 is 0 Å². The standard InChI is InChI=1S/C13H21N3O3/c17-12(18)9-14-3-5-15(6-4-14)13(19)16-8-10-1-2-11(16)7-10/h10-11H,1-9H2,(H,17,18). The minimum atomic E-state index is -0.795. The second-order valence-corrected chi connectivity index (χ2v) is 5.92. The molecular formula is C13H21N3O3. The molecule has 2 aliphatic heterocycles. The first kappa shape index (κ1) is 12.7. The van der Waals surface area contributed by atoms with E-state index in [2.05, 4.69) is 0 Å². The second kappa shape index (κ2) is 5.00. The van der Waals surface area contributed by atoms with Crippen molar-refractivity contribution in [2.24, 2.45) is 5.92 Å². The van der Waals surface area contributed by atoms with E-state index in [0.717, 1.165) is 18.9 Å². The fourth-order valence-electron chi connectivity index (χ4n) is 3.63. The van der Waals surface area contributed by atoms with Gasteiger partial charge in [0.1, 0.15) is 0 Å². The van der Waals surface area contributed by atoms with Gasteiger partial charge in [0, 0.05) is 38.8 Å². The SMILES string of the molecule is O=C(O)CN1CCN(C(=O)N2CC3CCC2C3)CC1. The third kappa shape index (κ3) is 2.54. The summed E-state index contributed by atoms with van der Waals surface area (Å²) in [6.45, 7) is 3.65. The smallest absolute Gasteiger partial charge is 0.320 e. The third-order valence-corrected chi connectivity index (χ3v) is 4.66. The van der Waals surface area contributed by atoms with Crippen LogP contribution in [0.3, 0.4) is 0 Å². The first-order valence-corrected chi connectivity index (χ1v) is 7.13. The molecule has 2 atom stereocenters. The minimum Gasteiger partial charge on any atom is -0.480 e. The van der Waals surface area contributed by atoms with Gasteiger partial charge in [-0.2, -0.15) is 0 Å². The van der Waals surface area contributed by atoms with Crippen molar-refractivity contribution in [3.8, 4) is 0 Å². The maximum Gasteiger partial charge on any atom is 0.320 e. The van der Waals surface area contributed by atoms with Crippen molar-refractivity contribution < 1.29 is 14.7 Å². The van der Waals surface area contributed by atoms with Gasteiger partial charge in [-0.25, -0.2) is 4.79 Å². The summed E-state index contributed by atoms with van der Waals surface area (Å²) >= 11 is 0. The molecule has 3 rings (SSSR count). The maximum atomic E-state index is 12.4. The molecule has 2 heterocycles. The Kier molecular flexibility index (Phi) is 3.35. The summed E-state index contributed by atoms with van der Waals surface area (Å²) in [5.74, 6) is -0.0705. The molecule has 6 nitrogen and oxygen atoms in total. The van der Waals surface area contributed by atoms with Gasteiger partial charge in [0.05, 0.1) is 6.54 Å². The molecule has 0 radical (unpaired) electrons. The summed E-state index contributed by atoms with van der Waals surface area (Å²) in [5.41, 5.74) is 0. The van der Waals surface area contributed by atoms with Crippen molar-refractivity contribution in [1.29, 1.82) is 0 Å². The van der Waals surface area contributed by atoms with E-state index in [0.29, 0.717) is 32.2 Å². The van der Waals surface area contributed by atoms with Gasteiger partial charge in [-0.1, -0.05) is 0 Å². The number of hydrogen-bond acceptors (Lipinski definition) is 3. The van der Waals surface area contributed by atoms with Crippen LogP contribution in [0.4, 0.5) is 4.79 Å². The Morgan fingerprint density at radius 1 is 1.11 bits per heavy atom. The second-order valence-electron chi connectivity index (χ2n) is 5.92. The van der Waals surface area contributed by atoms with Crippen LogP contribution in [0.15, 0.2) is 0 Å². The van der Waals surface area contributed by atoms with Crippen LogP contribution in [0.25, 0.3) is 0 Å². The van der Waals surface area contributed by atoms with Gasteiger partial charge in [0.25, 0.3) is 0 Å². The monoisotopic (exact) mass is 267 g/mol. The lowest BCUT2D eigenvalue weighted by atomic mass is 10.1. The molecule has 0 aromatic heterocycles. The number of carboxylic acid groups (broad SMARTS) is 1. The van der Waals surface area contributed by atoms with Crippen molar-refractivity contribution in [2.75, 3.05) is 39.3 Å².